The maximum absolute atomic E-state index is 6.00. The summed E-state index contributed by atoms with van der Waals surface area (Å²) < 4.78 is 0. The van der Waals surface area contributed by atoms with Gasteiger partial charge in [0, 0.05) is 18.8 Å². The van der Waals surface area contributed by atoms with Crippen LogP contribution in [0.5, 0.6) is 0 Å². The predicted molar refractivity (Wildman–Crippen MR) is 68.6 cm³/mol. The normalized spacial score (nSPS) is 21.9. The van der Waals surface area contributed by atoms with Gasteiger partial charge in [-0.3, -0.25) is 0 Å². The van der Waals surface area contributed by atoms with Crippen molar-refractivity contribution in [2.75, 3.05) is 23.7 Å². The Morgan fingerprint density at radius 1 is 1.31 bits per heavy atom. The third kappa shape index (κ3) is 2.46. The van der Waals surface area contributed by atoms with E-state index in [1.807, 2.05) is 19.1 Å². The van der Waals surface area contributed by atoms with E-state index in [0.29, 0.717) is 0 Å². The quantitative estimate of drug-likeness (QED) is 0.789. The van der Waals surface area contributed by atoms with Crippen LogP contribution in [0.1, 0.15) is 31.9 Å². The minimum atomic E-state index is 0.806. The molecule has 0 spiro atoms. The molecule has 1 aliphatic rings. The lowest BCUT2D eigenvalue weighted by Crippen LogP contribution is -2.26. The van der Waals surface area contributed by atoms with Crippen LogP contribution in [-0.2, 0) is 0 Å². The second kappa shape index (κ2) is 4.73. The van der Waals surface area contributed by atoms with Gasteiger partial charge in [0.25, 0.3) is 0 Å². The van der Waals surface area contributed by atoms with Crippen molar-refractivity contribution in [2.24, 2.45) is 5.92 Å². The predicted octanol–water partition coefficient (Wildman–Crippen LogP) is 2.60. The topological polar surface area (TPSA) is 42.1 Å². The highest BCUT2D eigenvalue weighted by Crippen LogP contribution is 2.25. The summed E-state index contributed by atoms with van der Waals surface area (Å²) in [7, 11) is 0. The van der Waals surface area contributed by atoms with Crippen LogP contribution in [0.4, 0.5) is 11.5 Å². The second-order valence-corrected chi connectivity index (χ2v) is 4.89. The highest BCUT2D eigenvalue weighted by atomic mass is 15.2. The van der Waals surface area contributed by atoms with Gasteiger partial charge in [0.15, 0.2) is 5.82 Å². The SMILES string of the molecule is Cc1ccc(N)c(N2CCCC(C)CC2)n1. The molecule has 0 bridgehead atoms. The van der Waals surface area contributed by atoms with E-state index in [4.69, 9.17) is 5.73 Å². The molecule has 88 valence electrons. The zero-order valence-corrected chi connectivity index (χ0v) is 10.2. The molecule has 2 heterocycles. The van der Waals surface area contributed by atoms with E-state index in [9.17, 15) is 0 Å². The van der Waals surface area contributed by atoms with Crippen molar-refractivity contribution in [3.05, 3.63) is 17.8 Å². The zero-order chi connectivity index (χ0) is 11.5. The number of nitrogen functional groups attached to an aromatic ring is 1. The maximum atomic E-state index is 6.00. The van der Waals surface area contributed by atoms with Gasteiger partial charge < -0.3 is 10.6 Å². The number of aromatic nitrogens is 1. The fourth-order valence-electron chi connectivity index (χ4n) is 2.28. The molecular formula is C13H21N3. The second-order valence-electron chi connectivity index (χ2n) is 4.89. The third-order valence-electron chi connectivity index (χ3n) is 3.36. The summed E-state index contributed by atoms with van der Waals surface area (Å²) >= 11 is 0. The summed E-state index contributed by atoms with van der Waals surface area (Å²) in [4.78, 5) is 6.90. The van der Waals surface area contributed by atoms with Crippen molar-refractivity contribution in [3.8, 4) is 0 Å². The summed E-state index contributed by atoms with van der Waals surface area (Å²) in [6.07, 6.45) is 3.81. The van der Waals surface area contributed by atoms with Gasteiger partial charge in [-0.1, -0.05) is 6.92 Å². The summed E-state index contributed by atoms with van der Waals surface area (Å²) in [5, 5.41) is 0. The van der Waals surface area contributed by atoms with Gasteiger partial charge >= 0.3 is 0 Å². The van der Waals surface area contributed by atoms with E-state index in [0.717, 1.165) is 36.2 Å². The van der Waals surface area contributed by atoms with Crippen LogP contribution in [0.2, 0.25) is 0 Å². The molecule has 16 heavy (non-hydrogen) atoms. The van der Waals surface area contributed by atoms with Crippen LogP contribution in [0.15, 0.2) is 12.1 Å². The lowest BCUT2D eigenvalue weighted by Gasteiger charge is -2.23. The molecule has 1 atom stereocenters. The van der Waals surface area contributed by atoms with Crippen LogP contribution in [0.25, 0.3) is 0 Å². The third-order valence-corrected chi connectivity index (χ3v) is 3.36. The average Bonchev–Trinajstić information content (AvgIpc) is 2.47. The number of rotatable bonds is 1. The molecule has 0 aliphatic carbocycles. The minimum Gasteiger partial charge on any atom is -0.396 e. The van der Waals surface area contributed by atoms with E-state index in [2.05, 4.69) is 16.8 Å². The number of nitrogens with zero attached hydrogens (tertiary/aromatic N) is 2. The van der Waals surface area contributed by atoms with Crippen LogP contribution < -0.4 is 10.6 Å². The van der Waals surface area contributed by atoms with E-state index in [1.165, 1.54) is 19.3 Å². The Hall–Kier alpha value is -1.25. The first-order valence-corrected chi connectivity index (χ1v) is 6.15. The van der Waals surface area contributed by atoms with Crippen molar-refractivity contribution >= 4 is 11.5 Å². The molecule has 2 rings (SSSR count). The molecule has 1 aliphatic heterocycles. The van der Waals surface area contributed by atoms with Gasteiger partial charge in [0.1, 0.15) is 0 Å². The molecule has 1 aromatic rings. The number of hydrogen-bond acceptors (Lipinski definition) is 3. The average molecular weight is 219 g/mol. The zero-order valence-electron chi connectivity index (χ0n) is 10.2. The Labute approximate surface area is 97.7 Å². The minimum absolute atomic E-state index is 0.806. The van der Waals surface area contributed by atoms with Crippen molar-refractivity contribution in [3.63, 3.8) is 0 Å². The van der Waals surface area contributed by atoms with Gasteiger partial charge in [-0.15, -0.1) is 0 Å². The fourth-order valence-corrected chi connectivity index (χ4v) is 2.28. The molecule has 1 aromatic heterocycles. The van der Waals surface area contributed by atoms with Crippen LogP contribution in [0.3, 0.4) is 0 Å². The molecule has 2 N–H and O–H groups in total. The molecular weight excluding hydrogens is 198 g/mol. The van der Waals surface area contributed by atoms with Crippen LogP contribution >= 0.6 is 0 Å². The van der Waals surface area contributed by atoms with E-state index in [1.54, 1.807) is 0 Å². The lowest BCUT2D eigenvalue weighted by molar-refractivity contribution is 0.521. The fraction of sp³-hybridized carbons (Fsp3) is 0.615. The Kier molecular flexibility index (Phi) is 3.32. The highest BCUT2D eigenvalue weighted by Gasteiger charge is 2.16. The highest BCUT2D eigenvalue weighted by molar-refractivity contribution is 5.62. The summed E-state index contributed by atoms with van der Waals surface area (Å²) in [5.74, 6) is 1.81. The van der Waals surface area contributed by atoms with Crippen molar-refractivity contribution in [2.45, 2.75) is 33.1 Å². The summed E-state index contributed by atoms with van der Waals surface area (Å²) in [6.45, 7) is 6.52. The largest absolute Gasteiger partial charge is 0.396 e. The smallest absolute Gasteiger partial charge is 0.152 e. The Balaban J connectivity index is 2.19. The molecule has 3 nitrogen and oxygen atoms in total. The van der Waals surface area contributed by atoms with E-state index >= 15 is 0 Å². The first kappa shape index (κ1) is 11.2. The van der Waals surface area contributed by atoms with Crippen molar-refractivity contribution < 1.29 is 0 Å². The van der Waals surface area contributed by atoms with Gasteiger partial charge in [0.2, 0.25) is 0 Å². The molecule has 1 unspecified atom stereocenters. The molecule has 1 saturated heterocycles. The number of nitrogens with two attached hydrogens (primary N) is 1. The molecule has 1 fully saturated rings. The Morgan fingerprint density at radius 2 is 2.12 bits per heavy atom. The van der Waals surface area contributed by atoms with Gasteiger partial charge in [0.05, 0.1) is 5.69 Å². The number of aryl methyl sites for hydroxylation is 1. The van der Waals surface area contributed by atoms with Gasteiger partial charge in [-0.2, -0.15) is 0 Å². The summed E-state index contributed by atoms with van der Waals surface area (Å²) in [6, 6.07) is 3.94. The van der Waals surface area contributed by atoms with Crippen molar-refractivity contribution in [1.29, 1.82) is 0 Å². The lowest BCUT2D eigenvalue weighted by atomic mass is 10.0. The van der Waals surface area contributed by atoms with Crippen LogP contribution in [0, 0.1) is 12.8 Å². The molecule has 3 heteroatoms. The van der Waals surface area contributed by atoms with E-state index in [-0.39, 0.29) is 0 Å². The number of pyridine rings is 1. The van der Waals surface area contributed by atoms with Crippen molar-refractivity contribution in [1.82, 2.24) is 4.98 Å². The Morgan fingerprint density at radius 3 is 2.94 bits per heavy atom. The Bertz CT molecular complexity index is 362. The van der Waals surface area contributed by atoms with Gasteiger partial charge in [-0.05, 0) is 44.2 Å². The first-order valence-electron chi connectivity index (χ1n) is 6.15. The van der Waals surface area contributed by atoms with E-state index < -0.39 is 0 Å². The maximum Gasteiger partial charge on any atom is 0.152 e. The number of hydrogen-bond donors (Lipinski definition) is 1. The summed E-state index contributed by atoms with van der Waals surface area (Å²) in [5.41, 5.74) is 7.85. The molecule has 0 aromatic carbocycles. The number of anilines is 2. The van der Waals surface area contributed by atoms with Gasteiger partial charge in [-0.25, -0.2) is 4.98 Å². The first-order chi connectivity index (χ1) is 7.66. The standard InChI is InChI=1S/C13H21N3/c1-10-4-3-8-16(9-7-10)13-12(14)6-5-11(2)15-13/h5-6,10H,3-4,7-9,14H2,1-2H3. The molecule has 0 saturated carbocycles. The van der Waals surface area contributed by atoms with Crippen LogP contribution in [-0.4, -0.2) is 18.1 Å². The monoisotopic (exact) mass is 219 g/mol. The molecule has 0 amide bonds. The molecule has 0 radical (unpaired) electrons.